The molecule has 0 heterocycles. The Morgan fingerprint density at radius 1 is 1.06 bits per heavy atom. The van der Waals surface area contributed by atoms with Crippen molar-refractivity contribution in [3.8, 4) is 0 Å². The minimum Gasteiger partial charge on any atom is -0.314 e. The van der Waals surface area contributed by atoms with E-state index in [4.69, 9.17) is 0 Å². The summed E-state index contributed by atoms with van der Waals surface area (Å²) >= 11 is 0. The van der Waals surface area contributed by atoms with Crippen molar-refractivity contribution >= 4 is 0 Å². The Balaban J connectivity index is 1.50. The molecule has 2 saturated carbocycles. The highest BCUT2D eigenvalue weighted by molar-refractivity contribution is 4.86. The lowest BCUT2D eigenvalue weighted by Crippen LogP contribution is -2.43. The predicted octanol–water partition coefficient (Wildman–Crippen LogP) is 4.23. The van der Waals surface area contributed by atoms with Gasteiger partial charge in [0, 0.05) is 6.04 Å². The van der Waals surface area contributed by atoms with Crippen LogP contribution in [0.3, 0.4) is 0 Å². The Kier molecular flexibility index (Phi) is 4.90. The van der Waals surface area contributed by atoms with Crippen LogP contribution in [-0.2, 0) is 0 Å². The molecule has 2 rings (SSSR count). The van der Waals surface area contributed by atoms with Crippen molar-refractivity contribution < 1.29 is 0 Å². The zero-order chi connectivity index (χ0) is 12.3. The van der Waals surface area contributed by atoms with Crippen LogP contribution in [0, 0.1) is 23.7 Å². The van der Waals surface area contributed by atoms with Gasteiger partial charge in [0.15, 0.2) is 0 Å². The van der Waals surface area contributed by atoms with E-state index in [0.717, 1.165) is 29.7 Å². The van der Waals surface area contributed by atoms with Crippen molar-refractivity contribution in [2.24, 2.45) is 23.7 Å². The average Bonchev–Trinajstić information content (AvgIpc) is 2.23. The molecular formula is C16H31N. The van der Waals surface area contributed by atoms with Gasteiger partial charge in [-0.3, -0.25) is 0 Å². The third-order valence-corrected chi connectivity index (χ3v) is 5.24. The van der Waals surface area contributed by atoms with Gasteiger partial charge in [0.05, 0.1) is 0 Å². The Hall–Kier alpha value is -0.0400. The maximum Gasteiger partial charge on any atom is 0.00725 e. The molecule has 1 N–H and O–H groups in total. The van der Waals surface area contributed by atoms with Crippen molar-refractivity contribution in [1.29, 1.82) is 0 Å². The van der Waals surface area contributed by atoms with E-state index in [1.165, 1.54) is 51.5 Å². The Morgan fingerprint density at radius 3 is 2.29 bits per heavy atom. The van der Waals surface area contributed by atoms with E-state index in [1.807, 2.05) is 0 Å². The van der Waals surface area contributed by atoms with Crippen LogP contribution in [0.15, 0.2) is 0 Å². The van der Waals surface area contributed by atoms with Gasteiger partial charge in [-0.05, 0) is 49.5 Å². The second kappa shape index (κ2) is 6.22. The summed E-state index contributed by atoms with van der Waals surface area (Å²) in [6.07, 6.45) is 10.2. The maximum atomic E-state index is 3.76. The fraction of sp³-hybridized carbons (Fsp3) is 1.00. The molecule has 2 fully saturated rings. The van der Waals surface area contributed by atoms with Crippen molar-refractivity contribution in [2.75, 3.05) is 6.54 Å². The van der Waals surface area contributed by atoms with E-state index in [1.54, 1.807) is 0 Å². The SMILES string of the molecule is CC1CCC(CCNC2CC(C(C)C)C2)CC1. The van der Waals surface area contributed by atoms with Crippen LogP contribution in [-0.4, -0.2) is 12.6 Å². The summed E-state index contributed by atoms with van der Waals surface area (Å²) in [5, 5.41) is 3.76. The normalized spacial score (nSPS) is 38.1. The number of hydrogen-bond acceptors (Lipinski definition) is 1. The topological polar surface area (TPSA) is 12.0 Å². The van der Waals surface area contributed by atoms with Gasteiger partial charge in [-0.2, -0.15) is 0 Å². The summed E-state index contributed by atoms with van der Waals surface area (Å²) in [6.45, 7) is 8.41. The molecule has 0 amide bonds. The standard InChI is InChI=1S/C16H31N/c1-12(2)15-10-16(11-15)17-9-8-14-6-4-13(3)5-7-14/h12-17H,4-11H2,1-3H3. The second-order valence-corrected chi connectivity index (χ2v) is 7.04. The fourth-order valence-electron chi connectivity index (χ4n) is 3.48. The molecule has 0 bridgehead atoms. The quantitative estimate of drug-likeness (QED) is 0.754. The predicted molar refractivity (Wildman–Crippen MR) is 75.1 cm³/mol. The molecule has 0 spiro atoms. The number of hydrogen-bond donors (Lipinski definition) is 1. The lowest BCUT2D eigenvalue weighted by molar-refractivity contribution is 0.164. The smallest absolute Gasteiger partial charge is 0.00725 e. The van der Waals surface area contributed by atoms with Gasteiger partial charge in [0.2, 0.25) is 0 Å². The van der Waals surface area contributed by atoms with Crippen molar-refractivity contribution in [2.45, 2.75) is 71.8 Å². The molecule has 100 valence electrons. The number of nitrogens with one attached hydrogen (secondary N) is 1. The molecule has 0 unspecified atom stereocenters. The first-order valence-corrected chi connectivity index (χ1v) is 7.88. The zero-order valence-corrected chi connectivity index (χ0v) is 12.0. The van der Waals surface area contributed by atoms with Gasteiger partial charge < -0.3 is 5.32 Å². The molecule has 1 nitrogen and oxygen atoms in total. The van der Waals surface area contributed by atoms with Crippen molar-refractivity contribution in [3.05, 3.63) is 0 Å². The van der Waals surface area contributed by atoms with Gasteiger partial charge in [-0.1, -0.05) is 46.5 Å². The summed E-state index contributed by atoms with van der Waals surface area (Å²) in [7, 11) is 0. The highest BCUT2D eigenvalue weighted by Crippen LogP contribution is 2.34. The first kappa shape index (κ1) is 13.4. The fourth-order valence-corrected chi connectivity index (χ4v) is 3.48. The highest BCUT2D eigenvalue weighted by Gasteiger charge is 2.30. The van der Waals surface area contributed by atoms with Crippen LogP contribution in [0.2, 0.25) is 0 Å². The summed E-state index contributed by atoms with van der Waals surface area (Å²) in [4.78, 5) is 0. The van der Waals surface area contributed by atoms with Gasteiger partial charge in [-0.25, -0.2) is 0 Å². The lowest BCUT2D eigenvalue weighted by atomic mass is 9.73. The van der Waals surface area contributed by atoms with E-state index in [-0.39, 0.29) is 0 Å². The second-order valence-electron chi connectivity index (χ2n) is 7.04. The summed E-state index contributed by atoms with van der Waals surface area (Å²) in [6, 6.07) is 0.852. The summed E-state index contributed by atoms with van der Waals surface area (Å²) in [5.74, 6) is 3.92. The van der Waals surface area contributed by atoms with Crippen LogP contribution in [0.25, 0.3) is 0 Å². The third-order valence-electron chi connectivity index (χ3n) is 5.24. The first-order valence-electron chi connectivity index (χ1n) is 7.88. The van der Waals surface area contributed by atoms with Crippen LogP contribution in [0.4, 0.5) is 0 Å². The van der Waals surface area contributed by atoms with Gasteiger partial charge in [0.1, 0.15) is 0 Å². The molecule has 0 saturated heterocycles. The van der Waals surface area contributed by atoms with Gasteiger partial charge in [-0.15, -0.1) is 0 Å². The van der Waals surface area contributed by atoms with E-state index in [0.29, 0.717) is 0 Å². The molecule has 17 heavy (non-hydrogen) atoms. The van der Waals surface area contributed by atoms with Crippen LogP contribution >= 0.6 is 0 Å². The van der Waals surface area contributed by atoms with Gasteiger partial charge in [0.25, 0.3) is 0 Å². The van der Waals surface area contributed by atoms with Crippen LogP contribution < -0.4 is 5.32 Å². The monoisotopic (exact) mass is 237 g/mol. The van der Waals surface area contributed by atoms with Crippen molar-refractivity contribution in [1.82, 2.24) is 5.32 Å². The van der Waals surface area contributed by atoms with Gasteiger partial charge >= 0.3 is 0 Å². The number of rotatable bonds is 5. The largest absolute Gasteiger partial charge is 0.314 e. The molecule has 0 aromatic carbocycles. The molecule has 0 aromatic rings. The zero-order valence-electron chi connectivity index (χ0n) is 12.0. The molecule has 2 aliphatic carbocycles. The average molecular weight is 237 g/mol. The Labute approximate surface area is 108 Å². The first-order chi connectivity index (χ1) is 8.15. The van der Waals surface area contributed by atoms with E-state index < -0.39 is 0 Å². The summed E-state index contributed by atoms with van der Waals surface area (Å²) in [5.41, 5.74) is 0. The highest BCUT2D eigenvalue weighted by atomic mass is 14.9. The van der Waals surface area contributed by atoms with Crippen molar-refractivity contribution in [3.63, 3.8) is 0 Å². The van der Waals surface area contributed by atoms with Crippen LogP contribution in [0.5, 0.6) is 0 Å². The Morgan fingerprint density at radius 2 is 1.71 bits per heavy atom. The molecule has 0 atom stereocenters. The minimum atomic E-state index is 0.852. The summed E-state index contributed by atoms with van der Waals surface area (Å²) < 4.78 is 0. The molecular weight excluding hydrogens is 206 g/mol. The molecule has 2 aliphatic rings. The van der Waals surface area contributed by atoms with E-state index in [9.17, 15) is 0 Å². The maximum absolute atomic E-state index is 3.76. The molecule has 0 aromatic heterocycles. The van der Waals surface area contributed by atoms with E-state index >= 15 is 0 Å². The Bertz CT molecular complexity index is 210. The minimum absolute atomic E-state index is 0.852. The van der Waals surface area contributed by atoms with Crippen LogP contribution in [0.1, 0.15) is 65.7 Å². The molecule has 0 radical (unpaired) electrons. The lowest BCUT2D eigenvalue weighted by Gasteiger charge is -2.39. The molecule has 1 heteroatoms. The molecule has 0 aliphatic heterocycles. The third kappa shape index (κ3) is 3.98. The van der Waals surface area contributed by atoms with E-state index in [2.05, 4.69) is 26.1 Å².